The van der Waals surface area contributed by atoms with Crippen LogP contribution in [0.5, 0.6) is 0 Å². The molecule has 0 bridgehead atoms. The molecule has 1 aromatic rings. The van der Waals surface area contributed by atoms with Gasteiger partial charge in [0.15, 0.2) is 0 Å². The van der Waals surface area contributed by atoms with E-state index in [1.165, 1.54) is 22.2 Å². The van der Waals surface area contributed by atoms with Crippen molar-refractivity contribution in [1.82, 2.24) is 10.2 Å². The van der Waals surface area contributed by atoms with Crippen molar-refractivity contribution in [3.63, 3.8) is 0 Å². The van der Waals surface area contributed by atoms with Crippen LogP contribution in [0.4, 0.5) is 0 Å². The first-order valence-electron chi connectivity index (χ1n) is 6.72. The van der Waals surface area contributed by atoms with Gasteiger partial charge in [-0.1, -0.05) is 13.3 Å². The van der Waals surface area contributed by atoms with Crippen LogP contribution in [-0.2, 0) is 6.54 Å². The zero-order valence-corrected chi connectivity index (χ0v) is 13.9. The first kappa shape index (κ1) is 14.5. The molecule has 2 rings (SSSR count). The van der Waals surface area contributed by atoms with Crippen LogP contribution in [0.25, 0.3) is 0 Å². The highest BCUT2D eigenvalue weighted by molar-refractivity contribution is 9.10. The van der Waals surface area contributed by atoms with Crippen molar-refractivity contribution in [2.75, 3.05) is 13.1 Å². The minimum Gasteiger partial charge on any atom is -0.311 e. The molecule has 1 aromatic heterocycles. The molecule has 1 N–H and O–H groups in total. The number of thiophene rings is 1. The lowest BCUT2D eigenvalue weighted by atomic mass is 9.96. The molecule has 1 aliphatic heterocycles. The van der Waals surface area contributed by atoms with E-state index >= 15 is 0 Å². The fourth-order valence-electron chi connectivity index (χ4n) is 2.53. The van der Waals surface area contributed by atoms with E-state index in [1.54, 1.807) is 0 Å². The minimum absolute atomic E-state index is 0.251. The highest BCUT2D eigenvalue weighted by Gasteiger charge is 2.33. The van der Waals surface area contributed by atoms with Crippen LogP contribution in [0.3, 0.4) is 0 Å². The molecule has 0 spiro atoms. The lowest BCUT2D eigenvalue weighted by molar-refractivity contribution is 0.0573. The maximum Gasteiger partial charge on any atom is 0.0334 e. The summed E-state index contributed by atoms with van der Waals surface area (Å²) in [6.45, 7) is 10.3. The number of hydrogen-bond acceptors (Lipinski definition) is 3. The Morgan fingerprint density at radius 1 is 1.56 bits per heavy atom. The first-order chi connectivity index (χ1) is 8.51. The molecule has 102 valence electrons. The number of nitrogens with one attached hydrogen (secondary N) is 1. The van der Waals surface area contributed by atoms with Crippen LogP contribution < -0.4 is 5.32 Å². The average Bonchev–Trinajstić information content (AvgIpc) is 2.70. The fourth-order valence-corrected chi connectivity index (χ4v) is 3.99. The van der Waals surface area contributed by atoms with Gasteiger partial charge < -0.3 is 5.32 Å². The molecule has 0 aromatic carbocycles. The summed E-state index contributed by atoms with van der Waals surface area (Å²) in [5.74, 6) is 0. The summed E-state index contributed by atoms with van der Waals surface area (Å²) < 4.78 is 1.21. The van der Waals surface area contributed by atoms with Gasteiger partial charge in [0.05, 0.1) is 0 Å². The Kier molecular flexibility index (Phi) is 4.86. The summed E-state index contributed by atoms with van der Waals surface area (Å²) >= 11 is 5.39. The van der Waals surface area contributed by atoms with Crippen LogP contribution in [0.1, 0.15) is 38.5 Å². The van der Waals surface area contributed by atoms with Crippen molar-refractivity contribution in [3.05, 3.63) is 20.8 Å². The molecule has 0 aliphatic carbocycles. The quantitative estimate of drug-likeness (QED) is 0.901. The summed E-state index contributed by atoms with van der Waals surface area (Å²) in [6.07, 6.45) is 2.54. The van der Waals surface area contributed by atoms with Gasteiger partial charge in [-0.15, -0.1) is 11.3 Å². The first-order valence-corrected chi connectivity index (χ1v) is 8.40. The van der Waals surface area contributed by atoms with Crippen LogP contribution in [0.2, 0.25) is 0 Å². The van der Waals surface area contributed by atoms with E-state index in [-0.39, 0.29) is 5.54 Å². The molecule has 1 aliphatic rings. The van der Waals surface area contributed by atoms with E-state index in [4.69, 9.17) is 0 Å². The topological polar surface area (TPSA) is 15.3 Å². The van der Waals surface area contributed by atoms with Gasteiger partial charge >= 0.3 is 0 Å². The summed E-state index contributed by atoms with van der Waals surface area (Å²) in [5.41, 5.74) is 0.251. The van der Waals surface area contributed by atoms with Gasteiger partial charge in [0.2, 0.25) is 0 Å². The third-order valence-electron chi connectivity index (χ3n) is 3.73. The summed E-state index contributed by atoms with van der Waals surface area (Å²) in [7, 11) is 0. The number of halogens is 1. The molecule has 1 unspecified atom stereocenters. The minimum atomic E-state index is 0.251. The Bertz CT molecular complexity index is 389. The Morgan fingerprint density at radius 3 is 2.94 bits per heavy atom. The molecule has 0 saturated carbocycles. The lowest BCUT2D eigenvalue weighted by Gasteiger charge is -2.46. The molecule has 2 heterocycles. The second-order valence-corrected chi connectivity index (χ2v) is 7.70. The smallest absolute Gasteiger partial charge is 0.0334 e. The van der Waals surface area contributed by atoms with Gasteiger partial charge in [0.25, 0.3) is 0 Å². The average molecular weight is 331 g/mol. The van der Waals surface area contributed by atoms with Crippen LogP contribution >= 0.6 is 27.3 Å². The van der Waals surface area contributed by atoms with Gasteiger partial charge in [0.1, 0.15) is 0 Å². The number of rotatable bonds is 4. The van der Waals surface area contributed by atoms with E-state index < -0.39 is 0 Å². The summed E-state index contributed by atoms with van der Waals surface area (Å²) in [6, 6.07) is 2.91. The Hall–Kier alpha value is 0.1000. The van der Waals surface area contributed by atoms with Crippen molar-refractivity contribution in [2.24, 2.45) is 0 Å². The second-order valence-electron chi connectivity index (χ2n) is 5.79. The maximum absolute atomic E-state index is 3.68. The van der Waals surface area contributed by atoms with Gasteiger partial charge in [-0.25, -0.2) is 0 Å². The number of hydrogen-bond donors (Lipinski definition) is 1. The predicted molar refractivity (Wildman–Crippen MR) is 83.2 cm³/mol. The van der Waals surface area contributed by atoms with Crippen molar-refractivity contribution in [2.45, 2.75) is 51.7 Å². The Labute approximate surface area is 123 Å². The second kappa shape index (κ2) is 6.04. The molecule has 0 amide bonds. The molecule has 1 saturated heterocycles. The van der Waals surface area contributed by atoms with Gasteiger partial charge in [-0.05, 0) is 42.3 Å². The molecule has 1 fully saturated rings. The largest absolute Gasteiger partial charge is 0.311 e. The van der Waals surface area contributed by atoms with Crippen molar-refractivity contribution in [1.29, 1.82) is 0 Å². The Morgan fingerprint density at radius 2 is 2.33 bits per heavy atom. The highest BCUT2D eigenvalue weighted by Crippen LogP contribution is 2.26. The molecule has 18 heavy (non-hydrogen) atoms. The van der Waals surface area contributed by atoms with Crippen molar-refractivity contribution < 1.29 is 0 Å². The van der Waals surface area contributed by atoms with E-state index in [0.717, 1.165) is 19.6 Å². The SMILES string of the molecule is CCCC1CN(Cc2cc(Br)cs2)C(C)(C)CN1. The van der Waals surface area contributed by atoms with Crippen molar-refractivity contribution >= 4 is 27.3 Å². The van der Waals surface area contributed by atoms with Crippen molar-refractivity contribution in [3.8, 4) is 0 Å². The summed E-state index contributed by atoms with van der Waals surface area (Å²) in [4.78, 5) is 4.08. The standard InChI is InChI=1S/C14H23BrN2S/c1-4-5-12-7-17(14(2,3)10-16-12)8-13-6-11(15)9-18-13/h6,9,12,16H,4-5,7-8,10H2,1-3H3. The fraction of sp³-hybridized carbons (Fsp3) is 0.714. The van der Waals surface area contributed by atoms with Gasteiger partial charge in [0, 0.05) is 45.9 Å². The lowest BCUT2D eigenvalue weighted by Crippen LogP contribution is -2.61. The monoisotopic (exact) mass is 330 g/mol. The van der Waals surface area contributed by atoms with Gasteiger partial charge in [-0.3, -0.25) is 4.90 Å². The third-order valence-corrected chi connectivity index (χ3v) is 5.41. The molecular formula is C14H23BrN2S. The third kappa shape index (κ3) is 3.56. The van der Waals surface area contributed by atoms with Crippen LogP contribution in [0.15, 0.2) is 15.9 Å². The van der Waals surface area contributed by atoms with E-state index in [9.17, 15) is 0 Å². The molecule has 0 radical (unpaired) electrons. The van der Waals surface area contributed by atoms with E-state index in [1.807, 2.05) is 11.3 Å². The molecule has 4 heteroatoms. The molecular weight excluding hydrogens is 308 g/mol. The number of piperazine rings is 1. The normalized spacial score (nSPS) is 24.3. The maximum atomic E-state index is 3.68. The molecule has 1 atom stereocenters. The number of nitrogens with zero attached hydrogens (tertiary/aromatic N) is 1. The van der Waals surface area contributed by atoms with Crippen LogP contribution in [-0.4, -0.2) is 29.6 Å². The highest BCUT2D eigenvalue weighted by atomic mass is 79.9. The zero-order chi connectivity index (χ0) is 13.2. The zero-order valence-electron chi connectivity index (χ0n) is 11.5. The van der Waals surface area contributed by atoms with E-state index in [2.05, 4.69) is 58.4 Å². The molecule has 2 nitrogen and oxygen atoms in total. The predicted octanol–water partition coefficient (Wildman–Crippen LogP) is 3.86. The Balaban J connectivity index is 2.02. The summed E-state index contributed by atoms with van der Waals surface area (Å²) in [5, 5.41) is 5.86. The van der Waals surface area contributed by atoms with Crippen LogP contribution in [0, 0.1) is 0 Å². The van der Waals surface area contributed by atoms with E-state index in [0.29, 0.717) is 6.04 Å². The van der Waals surface area contributed by atoms with Gasteiger partial charge in [-0.2, -0.15) is 0 Å².